The molecule has 0 unspecified atom stereocenters. The summed E-state index contributed by atoms with van der Waals surface area (Å²) in [6.45, 7) is -0.660. The molecule has 0 heterocycles. The van der Waals surface area contributed by atoms with Gasteiger partial charge in [-0.15, -0.1) is 0 Å². The predicted molar refractivity (Wildman–Crippen MR) is 49.3 cm³/mol. The Kier molecular flexibility index (Phi) is 3.28. The topological polar surface area (TPSA) is 72.5 Å². The van der Waals surface area contributed by atoms with Gasteiger partial charge in [-0.2, -0.15) is 0 Å². The zero-order valence-electron chi connectivity index (χ0n) is 7.37. The molecule has 76 valence electrons. The minimum atomic E-state index is -1.10. The predicted octanol–water partition coefficient (Wildman–Crippen LogP) is 1.32. The largest absolute Gasteiger partial charge is 0.491 e. The fourth-order valence-corrected chi connectivity index (χ4v) is 0.982. The van der Waals surface area contributed by atoms with Gasteiger partial charge in [-0.25, -0.2) is 9.18 Å². The van der Waals surface area contributed by atoms with Gasteiger partial charge >= 0.3 is 5.97 Å². The van der Waals surface area contributed by atoms with Crippen LogP contribution in [-0.2, 0) is 0 Å². The van der Waals surface area contributed by atoms with Crippen LogP contribution in [0.3, 0.4) is 0 Å². The zero-order valence-corrected chi connectivity index (χ0v) is 7.37. The summed E-state index contributed by atoms with van der Waals surface area (Å²) in [6, 6.07) is 4.12. The van der Waals surface area contributed by atoms with Crippen molar-refractivity contribution in [2.45, 2.75) is 0 Å². The summed E-state index contributed by atoms with van der Waals surface area (Å²) in [4.78, 5) is 10.6. The first kappa shape index (κ1) is 10.3. The van der Waals surface area contributed by atoms with Crippen molar-refractivity contribution in [3.8, 4) is 5.75 Å². The van der Waals surface area contributed by atoms with Crippen LogP contribution in [0.15, 0.2) is 18.2 Å². The first-order chi connectivity index (χ1) is 6.65. The molecular weight excluding hydrogens is 189 g/mol. The molecule has 1 aromatic carbocycles. The summed E-state index contributed by atoms with van der Waals surface area (Å²) in [5.74, 6) is -0.732. The molecule has 0 saturated heterocycles. The number of carboxylic acids is 1. The Balaban J connectivity index is 2.83. The summed E-state index contributed by atoms with van der Waals surface area (Å²) < 4.78 is 16.7. The van der Waals surface area contributed by atoms with Crippen LogP contribution < -0.4 is 10.5 Å². The van der Waals surface area contributed by atoms with Crippen molar-refractivity contribution in [2.75, 3.05) is 19.0 Å². The second kappa shape index (κ2) is 4.45. The van der Waals surface area contributed by atoms with E-state index in [1.807, 2.05) is 0 Å². The first-order valence-corrected chi connectivity index (χ1v) is 3.96. The molecule has 0 amide bonds. The summed E-state index contributed by atoms with van der Waals surface area (Å²) in [5.41, 5.74) is 5.56. The molecule has 0 atom stereocenters. The fourth-order valence-electron chi connectivity index (χ4n) is 0.982. The smallest absolute Gasteiger partial charge is 0.337 e. The maximum atomic E-state index is 11.7. The number of hydrogen-bond acceptors (Lipinski definition) is 3. The molecule has 0 fully saturated rings. The van der Waals surface area contributed by atoms with Gasteiger partial charge in [0.2, 0.25) is 0 Å². The van der Waals surface area contributed by atoms with Gasteiger partial charge in [0.1, 0.15) is 19.0 Å². The number of nitrogen functional groups attached to an aromatic ring is 1. The lowest BCUT2D eigenvalue weighted by Gasteiger charge is -2.05. The summed E-state index contributed by atoms with van der Waals surface area (Å²) in [6.07, 6.45) is 0. The molecule has 0 aliphatic rings. The third-order valence-corrected chi connectivity index (χ3v) is 1.60. The van der Waals surface area contributed by atoms with Gasteiger partial charge in [0.05, 0.1) is 5.56 Å². The van der Waals surface area contributed by atoms with Crippen molar-refractivity contribution in [3.63, 3.8) is 0 Å². The van der Waals surface area contributed by atoms with Crippen molar-refractivity contribution < 1.29 is 19.0 Å². The lowest BCUT2D eigenvalue weighted by Crippen LogP contribution is -2.04. The Hall–Kier alpha value is -1.78. The van der Waals surface area contributed by atoms with Crippen LogP contribution >= 0.6 is 0 Å². The Bertz CT molecular complexity index is 341. The Labute approximate surface area is 80.1 Å². The third-order valence-electron chi connectivity index (χ3n) is 1.60. The molecule has 4 nitrogen and oxygen atoms in total. The van der Waals surface area contributed by atoms with E-state index in [4.69, 9.17) is 15.6 Å². The number of nitrogens with two attached hydrogens (primary N) is 1. The van der Waals surface area contributed by atoms with Crippen LogP contribution in [0.2, 0.25) is 0 Å². The summed E-state index contributed by atoms with van der Waals surface area (Å²) >= 11 is 0. The van der Waals surface area contributed by atoms with Crippen molar-refractivity contribution in [1.29, 1.82) is 0 Å². The SMILES string of the molecule is Nc1cc(OCCF)ccc1C(=O)O. The van der Waals surface area contributed by atoms with E-state index in [1.54, 1.807) is 0 Å². The highest BCUT2D eigenvalue weighted by molar-refractivity contribution is 5.93. The van der Waals surface area contributed by atoms with Gasteiger partial charge < -0.3 is 15.6 Å². The number of halogens is 1. The number of aromatic carboxylic acids is 1. The molecule has 5 heteroatoms. The minimum Gasteiger partial charge on any atom is -0.491 e. The molecule has 14 heavy (non-hydrogen) atoms. The Morgan fingerprint density at radius 1 is 1.57 bits per heavy atom. The number of hydrogen-bond donors (Lipinski definition) is 2. The molecule has 0 aliphatic heterocycles. The second-order valence-electron chi connectivity index (χ2n) is 2.59. The molecule has 0 aliphatic carbocycles. The molecule has 0 saturated carbocycles. The zero-order chi connectivity index (χ0) is 10.6. The third kappa shape index (κ3) is 2.35. The molecule has 0 bridgehead atoms. The van der Waals surface area contributed by atoms with Crippen molar-refractivity contribution in [3.05, 3.63) is 23.8 Å². The van der Waals surface area contributed by atoms with E-state index in [0.29, 0.717) is 5.75 Å². The second-order valence-corrected chi connectivity index (χ2v) is 2.59. The highest BCUT2D eigenvalue weighted by atomic mass is 19.1. The quantitative estimate of drug-likeness (QED) is 0.717. The standard InChI is InChI=1S/C9H10FNO3/c10-3-4-14-6-1-2-7(9(12)13)8(11)5-6/h1-2,5H,3-4,11H2,(H,12,13). The average molecular weight is 199 g/mol. The molecule has 1 rings (SSSR count). The van der Waals surface area contributed by atoms with E-state index >= 15 is 0 Å². The van der Waals surface area contributed by atoms with Gasteiger partial charge in [-0.3, -0.25) is 0 Å². The molecule has 3 N–H and O–H groups in total. The van der Waals surface area contributed by atoms with E-state index in [9.17, 15) is 9.18 Å². The molecule has 1 aromatic rings. The van der Waals surface area contributed by atoms with Gasteiger partial charge in [0.15, 0.2) is 0 Å². The van der Waals surface area contributed by atoms with Crippen LogP contribution in [0.1, 0.15) is 10.4 Å². The lowest BCUT2D eigenvalue weighted by molar-refractivity contribution is 0.0698. The Morgan fingerprint density at radius 2 is 2.29 bits per heavy atom. The van der Waals surface area contributed by atoms with Crippen LogP contribution in [0.25, 0.3) is 0 Å². The van der Waals surface area contributed by atoms with E-state index in [-0.39, 0.29) is 17.9 Å². The fraction of sp³-hybridized carbons (Fsp3) is 0.222. The van der Waals surface area contributed by atoms with Crippen LogP contribution in [0.5, 0.6) is 5.75 Å². The number of carboxylic acid groups (broad SMARTS) is 1. The number of rotatable bonds is 4. The van der Waals surface area contributed by atoms with Gasteiger partial charge in [0, 0.05) is 11.8 Å². The summed E-state index contributed by atoms with van der Waals surface area (Å²) in [5, 5.41) is 8.65. The number of anilines is 1. The van der Waals surface area contributed by atoms with E-state index < -0.39 is 12.6 Å². The monoisotopic (exact) mass is 199 g/mol. The van der Waals surface area contributed by atoms with E-state index in [2.05, 4.69) is 0 Å². The summed E-state index contributed by atoms with van der Waals surface area (Å²) in [7, 11) is 0. The number of benzene rings is 1. The molecule has 0 spiro atoms. The van der Waals surface area contributed by atoms with Gasteiger partial charge in [-0.05, 0) is 12.1 Å². The Morgan fingerprint density at radius 3 is 2.79 bits per heavy atom. The molecule has 0 radical (unpaired) electrons. The maximum Gasteiger partial charge on any atom is 0.337 e. The highest BCUT2D eigenvalue weighted by Crippen LogP contribution is 2.19. The van der Waals surface area contributed by atoms with Gasteiger partial charge in [-0.1, -0.05) is 0 Å². The van der Waals surface area contributed by atoms with Crippen LogP contribution in [0, 0.1) is 0 Å². The van der Waals surface area contributed by atoms with Crippen molar-refractivity contribution in [1.82, 2.24) is 0 Å². The number of ether oxygens (including phenoxy) is 1. The average Bonchev–Trinajstić information content (AvgIpc) is 2.14. The van der Waals surface area contributed by atoms with Crippen molar-refractivity contribution in [2.24, 2.45) is 0 Å². The van der Waals surface area contributed by atoms with Crippen LogP contribution in [-0.4, -0.2) is 24.4 Å². The highest BCUT2D eigenvalue weighted by Gasteiger charge is 2.07. The minimum absolute atomic E-state index is 0.0117. The van der Waals surface area contributed by atoms with E-state index in [1.165, 1.54) is 18.2 Å². The lowest BCUT2D eigenvalue weighted by atomic mass is 10.2. The number of alkyl halides is 1. The van der Waals surface area contributed by atoms with Crippen LogP contribution in [0.4, 0.5) is 10.1 Å². The van der Waals surface area contributed by atoms with E-state index in [0.717, 1.165) is 0 Å². The maximum absolute atomic E-state index is 11.7. The molecule has 0 aromatic heterocycles. The van der Waals surface area contributed by atoms with Crippen molar-refractivity contribution >= 4 is 11.7 Å². The normalized spacial score (nSPS) is 9.79. The van der Waals surface area contributed by atoms with Gasteiger partial charge in [0.25, 0.3) is 0 Å². The number of carbonyl (C=O) groups is 1. The first-order valence-electron chi connectivity index (χ1n) is 3.96. The molecular formula is C9H10FNO3.